The largest absolute Gasteiger partial charge is 0.348 e. The van der Waals surface area contributed by atoms with Crippen molar-refractivity contribution >= 4 is 28.1 Å². The van der Waals surface area contributed by atoms with Crippen LogP contribution in [0.5, 0.6) is 0 Å². The van der Waals surface area contributed by atoms with Crippen molar-refractivity contribution < 1.29 is 4.79 Å². The zero-order valence-corrected chi connectivity index (χ0v) is 14.7. The Hall–Kier alpha value is -2.25. The summed E-state index contributed by atoms with van der Waals surface area (Å²) in [6.45, 7) is 3.00. The van der Waals surface area contributed by atoms with Crippen LogP contribution in [-0.4, -0.2) is 39.7 Å². The van der Waals surface area contributed by atoms with Crippen LogP contribution in [-0.2, 0) is 0 Å². The maximum absolute atomic E-state index is 12.7. The van der Waals surface area contributed by atoms with E-state index in [1.165, 1.54) is 6.42 Å². The molecule has 1 saturated heterocycles. The zero-order chi connectivity index (χ0) is 17.0. The summed E-state index contributed by atoms with van der Waals surface area (Å²) in [5.74, 6) is 0.473. The summed E-state index contributed by atoms with van der Waals surface area (Å²) in [6.07, 6.45) is 2.19. The predicted molar refractivity (Wildman–Crippen MR) is 97.7 cm³/mol. The second-order valence-corrected chi connectivity index (χ2v) is 7.90. The topological polar surface area (TPSA) is 82.7 Å². The highest BCUT2D eigenvalue weighted by Crippen LogP contribution is 2.32. The number of nitrogens with zero attached hydrogens (tertiary/aromatic N) is 2. The van der Waals surface area contributed by atoms with E-state index in [2.05, 4.69) is 25.8 Å². The average Bonchev–Trinajstić information content (AvgIpc) is 3.37. The first kappa shape index (κ1) is 15.0. The fraction of sp³-hybridized carbons (Fsp3) is 0.389. The van der Waals surface area contributed by atoms with Gasteiger partial charge < -0.3 is 10.6 Å². The molecule has 0 unspecified atom stereocenters. The molecule has 3 heterocycles. The monoisotopic (exact) mass is 353 g/mol. The lowest BCUT2D eigenvalue weighted by Gasteiger charge is -2.23. The Balaban J connectivity index is 1.41. The molecule has 1 saturated carbocycles. The average molecular weight is 353 g/mol. The highest BCUT2D eigenvalue weighted by atomic mass is 32.1. The first-order valence-corrected chi connectivity index (χ1v) is 9.50. The SMILES string of the molecule is Cc1csc(-c2ccc3c(C(=O)N[C@H]4C[C@@H]5C[C@H]4CN5)n[nH]c3c2)n1. The van der Waals surface area contributed by atoms with Crippen LogP contribution in [0.3, 0.4) is 0 Å². The number of fused-ring (bicyclic) bond motifs is 3. The van der Waals surface area contributed by atoms with E-state index in [9.17, 15) is 4.79 Å². The third-order valence-corrected chi connectivity index (χ3v) is 6.33. The van der Waals surface area contributed by atoms with Gasteiger partial charge >= 0.3 is 0 Å². The predicted octanol–water partition coefficient (Wildman–Crippen LogP) is 2.48. The minimum Gasteiger partial charge on any atom is -0.348 e. The van der Waals surface area contributed by atoms with Gasteiger partial charge in [0.05, 0.1) is 5.52 Å². The maximum atomic E-state index is 12.7. The molecule has 2 aromatic heterocycles. The Morgan fingerprint density at radius 1 is 1.36 bits per heavy atom. The minimum absolute atomic E-state index is 0.0818. The lowest BCUT2D eigenvalue weighted by Crippen LogP contribution is -2.44. The number of carbonyl (C=O) groups is 1. The molecule has 1 amide bonds. The van der Waals surface area contributed by atoms with Crippen LogP contribution in [0, 0.1) is 12.8 Å². The molecule has 2 bridgehead atoms. The van der Waals surface area contributed by atoms with Crippen molar-refractivity contribution in [2.75, 3.05) is 6.54 Å². The normalized spacial score (nSPS) is 24.9. The number of piperidine rings is 1. The van der Waals surface area contributed by atoms with Gasteiger partial charge in [0, 0.05) is 40.7 Å². The van der Waals surface area contributed by atoms with Crippen molar-refractivity contribution in [2.45, 2.75) is 31.8 Å². The molecule has 25 heavy (non-hydrogen) atoms. The van der Waals surface area contributed by atoms with E-state index >= 15 is 0 Å². The molecule has 3 atom stereocenters. The number of rotatable bonds is 3. The van der Waals surface area contributed by atoms with E-state index in [1.807, 2.05) is 30.5 Å². The van der Waals surface area contributed by atoms with Crippen LogP contribution >= 0.6 is 11.3 Å². The molecular formula is C18H19N5OS. The van der Waals surface area contributed by atoms with Crippen molar-refractivity contribution in [3.8, 4) is 10.6 Å². The van der Waals surface area contributed by atoms with Crippen LogP contribution in [0.15, 0.2) is 23.6 Å². The van der Waals surface area contributed by atoms with Gasteiger partial charge in [0.2, 0.25) is 0 Å². The number of aromatic nitrogens is 3. The van der Waals surface area contributed by atoms with Gasteiger partial charge in [-0.2, -0.15) is 5.10 Å². The number of benzene rings is 1. The van der Waals surface area contributed by atoms with Gasteiger partial charge in [-0.15, -0.1) is 11.3 Å². The Labute approximate surface area is 149 Å². The lowest BCUT2D eigenvalue weighted by molar-refractivity contribution is 0.0921. The van der Waals surface area contributed by atoms with Gasteiger partial charge in [0.15, 0.2) is 5.69 Å². The molecule has 3 N–H and O–H groups in total. The fourth-order valence-electron chi connectivity index (χ4n) is 4.06. The zero-order valence-electron chi connectivity index (χ0n) is 13.9. The Morgan fingerprint density at radius 3 is 3.00 bits per heavy atom. The number of aromatic amines is 1. The summed E-state index contributed by atoms with van der Waals surface area (Å²) in [7, 11) is 0. The van der Waals surface area contributed by atoms with E-state index in [1.54, 1.807) is 11.3 Å². The number of thiazole rings is 1. The number of amides is 1. The molecule has 2 aliphatic rings. The number of aryl methyl sites for hydroxylation is 1. The van der Waals surface area contributed by atoms with Crippen molar-refractivity contribution in [2.24, 2.45) is 5.92 Å². The van der Waals surface area contributed by atoms with Crippen LogP contribution in [0.4, 0.5) is 0 Å². The molecule has 0 spiro atoms. The molecular weight excluding hydrogens is 334 g/mol. The summed E-state index contributed by atoms with van der Waals surface area (Å²) in [5.41, 5.74) is 3.41. The second-order valence-electron chi connectivity index (χ2n) is 7.04. The Morgan fingerprint density at radius 2 is 2.28 bits per heavy atom. The fourth-order valence-corrected chi connectivity index (χ4v) is 4.86. The van der Waals surface area contributed by atoms with Gasteiger partial charge in [-0.05, 0) is 37.8 Å². The van der Waals surface area contributed by atoms with Crippen LogP contribution in [0.1, 0.15) is 29.0 Å². The highest BCUT2D eigenvalue weighted by Gasteiger charge is 2.40. The molecule has 3 aromatic rings. The molecule has 2 fully saturated rings. The van der Waals surface area contributed by atoms with E-state index in [0.29, 0.717) is 17.7 Å². The molecule has 1 aliphatic carbocycles. The van der Waals surface area contributed by atoms with E-state index in [-0.39, 0.29) is 11.9 Å². The lowest BCUT2D eigenvalue weighted by atomic mass is 10.0. The van der Waals surface area contributed by atoms with Crippen LogP contribution in [0.25, 0.3) is 21.5 Å². The minimum atomic E-state index is -0.0818. The number of carbonyl (C=O) groups excluding carboxylic acids is 1. The smallest absolute Gasteiger partial charge is 0.272 e. The maximum Gasteiger partial charge on any atom is 0.272 e. The molecule has 5 rings (SSSR count). The van der Waals surface area contributed by atoms with E-state index in [0.717, 1.165) is 40.1 Å². The molecule has 0 radical (unpaired) electrons. The molecule has 6 nitrogen and oxygen atoms in total. The summed E-state index contributed by atoms with van der Waals surface area (Å²) in [4.78, 5) is 17.2. The van der Waals surface area contributed by atoms with Crippen LogP contribution in [0.2, 0.25) is 0 Å². The van der Waals surface area contributed by atoms with E-state index < -0.39 is 0 Å². The Bertz CT molecular complexity index is 961. The summed E-state index contributed by atoms with van der Waals surface area (Å²) >= 11 is 1.62. The molecule has 7 heteroatoms. The highest BCUT2D eigenvalue weighted by molar-refractivity contribution is 7.13. The van der Waals surface area contributed by atoms with Gasteiger partial charge in [-0.3, -0.25) is 9.89 Å². The Kier molecular flexibility index (Phi) is 3.39. The number of H-pyrrole nitrogens is 1. The standard InChI is InChI=1S/C18H19N5OS/c1-9-8-25-18(20-9)10-2-3-13-15(5-10)22-23-16(13)17(24)21-14-6-12-4-11(14)7-19-12/h2-3,5,8,11-12,14,19H,4,6-7H2,1H3,(H,21,24)(H,22,23)/t11-,12-,14-/m0/s1. The second kappa shape index (κ2) is 5.64. The van der Waals surface area contributed by atoms with Crippen molar-refractivity contribution in [1.82, 2.24) is 25.8 Å². The third-order valence-electron chi connectivity index (χ3n) is 5.32. The number of hydrogen-bond donors (Lipinski definition) is 3. The van der Waals surface area contributed by atoms with Crippen molar-refractivity contribution in [3.05, 3.63) is 35.0 Å². The third kappa shape index (κ3) is 2.54. The quantitative estimate of drug-likeness (QED) is 0.675. The van der Waals surface area contributed by atoms with Gasteiger partial charge in [0.1, 0.15) is 5.01 Å². The van der Waals surface area contributed by atoms with Gasteiger partial charge in [0.25, 0.3) is 5.91 Å². The van der Waals surface area contributed by atoms with Crippen LogP contribution < -0.4 is 10.6 Å². The number of hydrogen-bond acceptors (Lipinski definition) is 5. The van der Waals surface area contributed by atoms with Crippen molar-refractivity contribution in [1.29, 1.82) is 0 Å². The molecule has 1 aliphatic heterocycles. The van der Waals surface area contributed by atoms with Crippen molar-refractivity contribution in [3.63, 3.8) is 0 Å². The van der Waals surface area contributed by atoms with E-state index in [4.69, 9.17) is 0 Å². The number of nitrogens with one attached hydrogen (secondary N) is 3. The summed E-state index contributed by atoms with van der Waals surface area (Å²) in [6, 6.07) is 6.81. The van der Waals surface area contributed by atoms with Gasteiger partial charge in [-0.1, -0.05) is 6.07 Å². The summed E-state index contributed by atoms with van der Waals surface area (Å²) < 4.78 is 0. The molecule has 1 aromatic carbocycles. The first-order chi connectivity index (χ1) is 12.2. The summed E-state index contributed by atoms with van der Waals surface area (Å²) in [5, 5.41) is 17.8. The molecule has 128 valence electrons. The first-order valence-electron chi connectivity index (χ1n) is 8.62. The van der Waals surface area contributed by atoms with Gasteiger partial charge in [-0.25, -0.2) is 4.98 Å².